The second-order valence-electron chi connectivity index (χ2n) is 16.2. The number of aryl methyl sites for hydroxylation is 2. The zero-order valence-electron chi connectivity index (χ0n) is 30.9. The third-order valence-corrected chi connectivity index (χ3v) is 12.5. The molecule has 0 spiro atoms. The first-order valence-corrected chi connectivity index (χ1v) is 18.7. The van der Waals surface area contributed by atoms with E-state index in [9.17, 15) is 0 Å². The minimum atomic E-state index is -0.147. The first kappa shape index (κ1) is 31.1. The van der Waals surface area contributed by atoms with Crippen molar-refractivity contribution < 1.29 is 0 Å². The van der Waals surface area contributed by atoms with E-state index in [2.05, 4.69) is 187 Å². The van der Waals surface area contributed by atoms with Crippen LogP contribution in [0.25, 0.3) is 77.2 Å². The van der Waals surface area contributed by atoms with Crippen LogP contribution in [0.4, 0.5) is 0 Å². The molecule has 8 aromatic rings. The minimum absolute atomic E-state index is 0.0181. The predicted octanol–water partition coefficient (Wildman–Crippen LogP) is 14.2. The van der Waals surface area contributed by atoms with E-state index in [1.807, 2.05) is 0 Å². The molecule has 0 fully saturated rings. The van der Waals surface area contributed by atoms with E-state index in [1.165, 1.54) is 111 Å². The Labute approximate surface area is 307 Å². The van der Waals surface area contributed by atoms with E-state index in [1.54, 1.807) is 0 Å². The first-order chi connectivity index (χ1) is 25.1. The summed E-state index contributed by atoms with van der Waals surface area (Å²) >= 11 is 0. The molecule has 2 aliphatic carbocycles. The van der Waals surface area contributed by atoms with Gasteiger partial charge in [-0.05, 0) is 137 Å². The molecule has 0 atom stereocenters. The fourth-order valence-electron chi connectivity index (χ4n) is 9.69. The molecule has 0 N–H and O–H groups in total. The standard InChI is InChI=1S/C52H42/c1-31-18-20-33(21-19-31)50-42-15-8-7-14-41(42)49(43-16-11-12-32(2)48(43)50)36-24-27-40-39-26-23-35(29-46(39)52(5,6)47(40)30-36)34-22-25-38-37-13-9-10-17-44(37)51(3,4)45(38)28-34/h7-30H,1-6H3. The van der Waals surface area contributed by atoms with Crippen molar-refractivity contribution in [3.63, 3.8) is 0 Å². The molecule has 0 heterocycles. The summed E-state index contributed by atoms with van der Waals surface area (Å²) in [7, 11) is 0. The van der Waals surface area contributed by atoms with Gasteiger partial charge in [-0.1, -0.05) is 161 Å². The van der Waals surface area contributed by atoms with Crippen LogP contribution in [0.1, 0.15) is 61.1 Å². The molecule has 0 unspecified atom stereocenters. The zero-order valence-corrected chi connectivity index (χ0v) is 30.9. The van der Waals surface area contributed by atoms with Crippen LogP contribution >= 0.6 is 0 Å². The molecule has 0 aliphatic heterocycles. The van der Waals surface area contributed by atoms with Crippen LogP contribution in [0.2, 0.25) is 0 Å². The molecular formula is C52H42. The van der Waals surface area contributed by atoms with E-state index in [-0.39, 0.29) is 10.8 Å². The Morgan fingerprint density at radius 3 is 1.44 bits per heavy atom. The predicted molar refractivity (Wildman–Crippen MR) is 222 cm³/mol. The lowest BCUT2D eigenvalue weighted by Gasteiger charge is -2.24. The maximum absolute atomic E-state index is 2.50. The second kappa shape index (κ2) is 10.9. The highest BCUT2D eigenvalue weighted by Crippen LogP contribution is 2.53. The van der Waals surface area contributed by atoms with E-state index in [0.717, 1.165) is 0 Å². The van der Waals surface area contributed by atoms with Gasteiger partial charge < -0.3 is 0 Å². The molecule has 0 heteroatoms. The molecule has 250 valence electrons. The average molecular weight is 667 g/mol. The minimum Gasteiger partial charge on any atom is -0.0619 e. The van der Waals surface area contributed by atoms with Crippen molar-refractivity contribution in [2.24, 2.45) is 0 Å². The quantitative estimate of drug-likeness (QED) is 0.165. The Bertz CT molecular complexity index is 2790. The van der Waals surface area contributed by atoms with E-state index in [4.69, 9.17) is 0 Å². The summed E-state index contributed by atoms with van der Waals surface area (Å²) in [4.78, 5) is 0. The summed E-state index contributed by atoms with van der Waals surface area (Å²) in [5.74, 6) is 0. The lowest BCUT2D eigenvalue weighted by molar-refractivity contribution is 0.659. The molecule has 0 radical (unpaired) electrons. The van der Waals surface area contributed by atoms with Gasteiger partial charge in [0.2, 0.25) is 0 Å². The normalized spacial score (nSPS) is 14.7. The van der Waals surface area contributed by atoms with Gasteiger partial charge in [-0.25, -0.2) is 0 Å². The topological polar surface area (TPSA) is 0 Å². The fraction of sp³-hybridized carbons (Fsp3) is 0.154. The highest BCUT2D eigenvalue weighted by atomic mass is 14.4. The van der Waals surface area contributed by atoms with E-state index >= 15 is 0 Å². The maximum atomic E-state index is 2.50. The molecule has 2 aliphatic rings. The van der Waals surface area contributed by atoms with Gasteiger partial charge in [0, 0.05) is 10.8 Å². The molecule has 0 amide bonds. The summed E-state index contributed by atoms with van der Waals surface area (Å²) in [5.41, 5.74) is 21.3. The van der Waals surface area contributed by atoms with Crippen molar-refractivity contribution in [3.05, 3.63) is 179 Å². The van der Waals surface area contributed by atoms with Gasteiger partial charge >= 0.3 is 0 Å². The molecular weight excluding hydrogens is 625 g/mol. The van der Waals surface area contributed by atoms with Crippen molar-refractivity contribution in [1.29, 1.82) is 0 Å². The van der Waals surface area contributed by atoms with Crippen LogP contribution in [0.3, 0.4) is 0 Å². The summed E-state index contributed by atoms with van der Waals surface area (Å²) in [6.45, 7) is 14.0. The molecule has 10 rings (SSSR count). The van der Waals surface area contributed by atoms with Crippen LogP contribution in [-0.2, 0) is 10.8 Å². The average Bonchev–Trinajstić information content (AvgIpc) is 3.53. The Kier molecular flexibility index (Phi) is 6.50. The van der Waals surface area contributed by atoms with Crippen molar-refractivity contribution >= 4 is 21.5 Å². The second-order valence-corrected chi connectivity index (χ2v) is 16.2. The number of fused-ring (bicyclic) bond motifs is 8. The summed E-state index contributed by atoms with van der Waals surface area (Å²) < 4.78 is 0. The molecule has 0 aromatic heterocycles. The molecule has 0 nitrogen and oxygen atoms in total. The van der Waals surface area contributed by atoms with Gasteiger partial charge in [-0.2, -0.15) is 0 Å². The van der Waals surface area contributed by atoms with Crippen LogP contribution in [0.15, 0.2) is 146 Å². The van der Waals surface area contributed by atoms with Crippen LogP contribution in [0.5, 0.6) is 0 Å². The van der Waals surface area contributed by atoms with E-state index < -0.39 is 0 Å². The third-order valence-electron chi connectivity index (χ3n) is 12.5. The smallest absolute Gasteiger partial charge is 0.0159 e. The molecule has 0 saturated carbocycles. The third kappa shape index (κ3) is 4.28. The first-order valence-electron chi connectivity index (χ1n) is 18.7. The van der Waals surface area contributed by atoms with Gasteiger partial charge in [0.05, 0.1) is 0 Å². The van der Waals surface area contributed by atoms with Crippen molar-refractivity contribution in [2.45, 2.75) is 52.4 Å². The lowest BCUT2D eigenvalue weighted by atomic mass is 9.79. The molecule has 8 aromatic carbocycles. The molecule has 0 saturated heterocycles. The van der Waals surface area contributed by atoms with Gasteiger partial charge in [0.1, 0.15) is 0 Å². The Balaban J connectivity index is 1.12. The highest BCUT2D eigenvalue weighted by molar-refractivity contribution is 6.22. The Hall–Kier alpha value is -5.72. The Morgan fingerprint density at radius 2 is 0.808 bits per heavy atom. The van der Waals surface area contributed by atoms with Crippen molar-refractivity contribution in [1.82, 2.24) is 0 Å². The lowest BCUT2D eigenvalue weighted by Crippen LogP contribution is -2.15. The van der Waals surface area contributed by atoms with Crippen molar-refractivity contribution in [2.75, 3.05) is 0 Å². The van der Waals surface area contributed by atoms with Gasteiger partial charge in [0.15, 0.2) is 0 Å². The van der Waals surface area contributed by atoms with E-state index in [0.29, 0.717) is 0 Å². The number of hydrogen-bond donors (Lipinski definition) is 0. The van der Waals surface area contributed by atoms with Gasteiger partial charge in [-0.15, -0.1) is 0 Å². The zero-order chi connectivity index (χ0) is 35.5. The SMILES string of the molecule is Cc1ccc(-c2c3ccccc3c(-c3ccc4c(c3)C(C)(C)c3cc(-c5ccc6c(c5)C(C)(C)c5ccccc5-6)ccc3-4)c3cccc(C)c23)cc1. The summed E-state index contributed by atoms with van der Waals surface area (Å²) in [6, 6.07) is 55.3. The number of rotatable bonds is 3. The molecule has 52 heavy (non-hydrogen) atoms. The maximum Gasteiger partial charge on any atom is 0.0159 e. The van der Waals surface area contributed by atoms with Crippen LogP contribution in [0, 0.1) is 13.8 Å². The largest absolute Gasteiger partial charge is 0.0619 e. The summed E-state index contributed by atoms with van der Waals surface area (Å²) in [6.07, 6.45) is 0. The van der Waals surface area contributed by atoms with Crippen molar-refractivity contribution in [3.8, 4) is 55.6 Å². The number of hydrogen-bond acceptors (Lipinski definition) is 0. The summed E-state index contributed by atoms with van der Waals surface area (Å²) in [5, 5.41) is 5.25. The highest BCUT2D eigenvalue weighted by Gasteiger charge is 2.37. The number of benzene rings is 8. The van der Waals surface area contributed by atoms with Gasteiger partial charge in [-0.3, -0.25) is 0 Å². The monoisotopic (exact) mass is 666 g/mol. The Morgan fingerprint density at radius 1 is 0.346 bits per heavy atom. The molecule has 0 bridgehead atoms. The van der Waals surface area contributed by atoms with Gasteiger partial charge in [0.25, 0.3) is 0 Å². The van der Waals surface area contributed by atoms with Crippen LogP contribution < -0.4 is 0 Å². The fourth-order valence-corrected chi connectivity index (χ4v) is 9.69. The van der Waals surface area contributed by atoms with Crippen LogP contribution in [-0.4, -0.2) is 0 Å².